The van der Waals surface area contributed by atoms with Crippen LogP contribution in [0.2, 0.25) is 0 Å². The van der Waals surface area contributed by atoms with Gasteiger partial charge in [0.2, 0.25) is 5.91 Å². The first-order chi connectivity index (χ1) is 9.74. The minimum absolute atomic E-state index is 0.182. The van der Waals surface area contributed by atoms with Crippen LogP contribution in [0.5, 0.6) is 0 Å². The van der Waals surface area contributed by atoms with Gasteiger partial charge in [-0.1, -0.05) is 31.2 Å². The number of carbonyl (C=O) groups is 1. The molecule has 0 aromatic heterocycles. The standard InChI is InChI=1S/C16H24N2O2/c1-2-17(9-5-11-19)13-16(20)18-10-8-14-6-3-4-7-15(14)12-18/h3-4,6-7,19H,2,5,8-13H2,1H3. The number of aliphatic hydroxyl groups excluding tert-OH is 1. The van der Waals surface area contributed by atoms with Crippen molar-refractivity contribution in [2.45, 2.75) is 26.3 Å². The van der Waals surface area contributed by atoms with E-state index in [9.17, 15) is 4.79 Å². The van der Waals surface area contributed by atoms with E-state index >= 15 is 0 Å². The molecular formula is C16H24N2O2. The summed E-state index contributed by atoms with van der Waals surface area (Å²) in [7, 11) is 0. The predicted molar refractivity (Wildman–Crippen MR) is 79.4 cm³/mol. The fourth-order valence-electron chi connectivity index (χ4n) is 2.64. The van der Waals surface area contributed by atoms with Gasteiger partial charge in [-0.25, -0.2) is 0 Å². The second-order valence-corrected chi connectivity index (χ2v) is 5.28. The van der Waals surface area contributed by atoms with Crippen LogP contribution in [0.25, 0.3) is 0 Å². The Kier molecular flexibility index (Phi) is 5.56. The molecule has 0 radical (unpaired) electrons. The van der Waals surface area contributed by atoms with Gasteiger partial charge in [0.15, 0.2) is 0 Å². The van der Waals surface area contributed by atoms with Crippen LogP contribution in [-0.2, 0) is 17.8 Å². The average Bonchev–Trinajstić information content (AvgIpc) is 2.50. The highest BCUT2D eigenvalue weighted by Gasteiger charge is 2.21. The van der Waals surface area contributed by atoms with Crippen LogP contribution in [0.4, 0.5) is 0 Å². The highest BCUT2D eigenvalue weighted by Crippen LogP contribution is 2.18. The van der Waals surface area contributed by atoms with Gasteiger partial charge in [-0.15, -0.1) is 0 Å². The van der Waals surface area contributed by atoms with Crippen molar-refractivity contribution in [1.82, 2.24) is 9.80 Å². The third-order valence-electron chi connectivity index (χ3n) is 3.92. The Labute approximate surface area is 121 Å². The lowest BCUT2D eigenvalue weighted by molar-refractivity contribution is -0.133. The quantitative estimate of drug-likeness (QED) is 0.851. The van der Waals surface area contributed by atoms with Crippen molar-refractivity contribution in [3.05, 3.63) is 35.4 Å². The molecule has 110 valence electrons. The summed E-state index contributed by atoms with van der Waals surface area (Å²) in [5, 5.41) is 8.88. The Morgan fingerprint density at radius 3 is 2.80 bits per heavy atom. The Hall–Kier alpha value is -1.39. The van der Waals surface area contributed by atoms with Gasteiger partial charge in [0, 0.05) is 26.2 Å². The van der Waals surface area contributed by atoms with E-state index < -0.39 is 0 Å². The van der Waals surface area contributed by atoms with Gasteiger partial charge in [0.05, 0.1) is 6.54 Å². The molecule has 0 aliphatic carbocycles. The molecule has 2 rings (SSSR count). The molecule has 1 aliphatic rings. The Morgan fingerprint density at radius 1 is 1.35 bits per heavy atom. The van der Waals surface area contributed by atoms with Crippen LogP contribution in [0, 0.1) is 0 Å². The largest absolute Gasteiger partial charge is 0.396 e. The molecule has 1 aromatic carbocycles. The maximum absolute atomic E-state index is 12.4. The van der Waals surface area contributed by atoms with E-state index in [1.165, 1.54) is 11.1 Å². The van der Waals surface area contributed by atoms with E-state index in [1.807, 2.05) is 11.0 Å². The number of hydrogen-bond donors (Lipinski definition) is 1. The number of aliphatic hydroxyl groups is 1. The number of benzene rings is 1. The van der Waals surface area contributed by atoms with E-state index in [4.69, 9.17) is 5.11 Å². The molecule has 1 N–H and O–H groups in total. The summed E-state index contributed by atoms with van der Waals surface area (Å²) in [6.45, 7) is 5.86. The van der Waals surface area contributed by atoms with Crippen molar-refractivity contribution in [3.8, 4) is 0 Å². The second-order valence-electron chi connectivity index (χ2n) is 5.28. The van der Waals surface area contributed by atoms with Crippen LogP contribution in [0.15, 0.2) is 24.3 Å². The summed E-state index contributed by atoms with van der Waals surface area (Å²) >= 11 is 0. The van der Waals surface area contributed by atoms with Gasteiger partial charge in [-0.2, -0.15) is 0 Å². The van der Waals surface area contributed by atoms with E-state index in [2.05, 4.69) is 30.0 Å². The second kappa shape index (κ2) is 7.41. The third-order valence-corrected chi connectivity index (χ3v) is 3.92. The summed E-state index contributed by atoms with van der Waals surface area (Å²) in [6.07, 6.45) is 1.68. The number of likely N-dealkylation sites (N-methyl/N-ethyl adjacent to an activating group) is 1. The van der Waals surface area contributed by atoms with Crippen LogP contribution in [0.3, 0.4) is 0 Å². The molecule has 0 unspecified atom stereocenters. The predicted octanol–water partition coefficient (Wildman–Crippen LogP) is 1.28. The molecule has 4 nitrogen and oxygen atoms in total. The summed E-state index contributed by atoms with van der Waals surface area (Å²) in [5.41, 5.74) is 2.63. The van der Waals surface area contributed by atoms with Crippen molar-refractivity contribution >= 4 is 5.91 Å². The first-order valence-corrected chi connectivity index (χ1v) is 7.42. The van der Waals surface area contributed by atoms with Crippen molar-refractivity contribution in [2.75, 3.05) is 32.8 Å². The van der Waals surface area contributed by atoms with Gasteiger partial charge in [-0.3, -0.25) is 9.69 Å². The van der Waals surface area contributed by atoms with Crippen molar-refractivity contribution in [2.24, 2.45) is 0 Å². The molecule has 0 saturated heterocycles. The van der Waals surface area contributed by atoms with Crippen LogP contribution in [-0.4, -0.2) is 53.6 Å². The fourth-order valence-corrected chi connectivity index (χ4v) is 2.64. The maximum atomic E-state index is 12.4. The van der Waals surface area contributed by atoms with Gasteiger partial charge < -0.3 is 10.0 Å². The van der Waals surface area contributed by atoms with Gasteiger partial charge >= 0.3 is 0 Å². The zero-order valence-electron chi connectivity index (χ0n) is 12.2. The molecular weight excluding hydrogens is 252 g/mol. The van der Waals surface area contributed by atoms with Crippen molar-refractivity contribution in [1.29, 1.82) is 0 Å². The molecule has 1 amide bonds. The first-order valence-electron chi connectivity index (χ1n) is 7.42. The zero-order chi connectivity index (χ0) is 14.4. The molecule has 1 aromatic rings. The molecule has 0 atom stereocenters. The molecule has 1 heterocycles. The van der Waals surface area contributed by atoms with Crippen molar-refractivity contribution in [3.63, 3.8) is 0 Å². The number of rotatable bonds is 6. The van der Waals surface area contributed by atoms with Gasteiger partial charge in [-0.05, 0) is 30.5 Å². The molecule has 0 saturated carbocycles. The monoisotopic (exact) mass is 276 g/mol. The normalized spacial score (nSPS) is 14.4. The van der Waals surface area contributed by atoms with Crippen LogP contribution < -0.4 is 0 Å². The van der Waals surface area contributed by atoms with Crippen LogP contribution >= 0.6 is 0 Å². The molecule has 1 aliphatic heterocycles. The molecule has 20 heavy (non-hydrogen) atoms. The Bertz CT molecular complexity index is 448. The summed E-state index contributed by atoms with van der Waals surface area (Å²) in [6, 6.07) is 8.35. The Morgan fingerprint density at radius 2 is 2.10 bits per heavy atom. The topological polar surface area (TPSA) is 43.8 Å². The van der Waals surface area contributed by atoms with E-state index in [0.717, 1.165) is 39.0 Å². The Balaban J connectivity index is 1.90. The van der Waals surface area contributed by atoms with E-state index in [1.54, 1.807) is 0 Å². The van der Waals surface area contributed by atoms with E-state index in [0.29, 0.717) is 6.54 Å². The van der Waals surface area contributed by atoms with Crippen molar-refractivity contribution < 1.29 is 9.90 Å². The van der Waals surface area contributed by atoms with Gasteiger partial charge in [0.1, 0.15) is 0 Å². The SMILES string of the molecule is CCN(CCCO)CC(=O)N1CCc2ccccc2C1. The lowest BCUT2D eigenvalue weighted by atomic mass is 10.00. The highest BCUT2D eigenvalue weighted by molar-refractivity contribution is 5.78. The fraction of sp³-hybridized carbons (Fsp3) is 0.562. The summed E-state index contributed by atoms with van der Waals surface area (Å²) in [5.74, 6) is 0.194. The minimum atomic E-state index is 0.182. The van der Waals surface area contributed by atoms with E-state index in [-0.39, 0.29) is 12.5 Å². The average molecular weight is 276 g/mol. The van der Waals surface area contributed by atoms with Gasteiger partial charge in [0.25, 0.3) is 0 Å². The number of nitrogens with zero attached hydrogens (tertiary/aromatic N) is 2. The summed E-state index contributed by atoms with van der Waals surface area (Å²) < 4.78 is 0. The van der Waals surface area contributed by atoms with Crippen LogP contribution in [0.1, 0.15) is 24.5 Å². The molecule has 0 spiro atoms. The lowest BCUT2D eigenvalue weighted by Gasteiger charge is -2.31. The highest BCUT2D eigenvalue weighted by atomic mass is 16.3. The molecule has 4 heteroatoms. The summed E-state index contributed by atoms with van der Waals surface area (Å²) in [4.78, 5) is 16.4. The smallest absolute Gasteiger partial charge is 0.237 e. The number of amides is 1. The maximum Gasteiger partial charge on any atom is 0.237 e. The number of hydrogen-bond acceptors (Lipinski definition) is 3. The first kappa shape index (κ1) is 15.0. The third kappa shape index (κ3) is 3.81. The molecule has 0 fully saturated rings. The zero-order valence-corrected chi connectivity index (χ0v) is 12.2. The number of carbonyl (C=O) groups excluding carboxylic acids is 1. The molecule has 0 bridgehead atoms. The lowest BCUT2D eigenvalue weighted by Crippen LogP contribution is -2.43. The number of fused-ring (bicyclic) bond motifs is 1. The minimum Gasteiger partial charge on any atom is -0.396 e.